The molecule has 104 valence electrons. The molecule has 0 saturated heterocycles. The SMILES string of the molecule is COc1cc(OCc2cccc(C(C)=O)c2)ccc1C. The molecule has 0 fully saturated rings. The molecule has 20 heavy (non-hydrogen) atoms. The van der Waals surface area contributed by atoms with E-state index in [4.69, 9.17) is 9.47 Å². The molecule has 2 aromatic rings. The monoisotopic (exact) mass is 270 g/mol. The van der Waals surface area contributed by atoms with E-state index in [1.165, 1.54) is 0 Å². The number of methoxy groups -OCH3 is 1. The van der Waals surface area contributed by atoms with Gasteiger partial charge in [0.05, 0.1) is 7.11 Å². The molecule has 0 N–H and O–H groups in total. The van der Waals surface area contributed by atoms with Crippen molar-refractivity contribution in [1.82, 2.24) is 0 Å². The number of ketones is 1. The van der Waals surface area contributed by atoms with Crippen LogP contribution in [-0.4, -0.2) is 12.9 Å². The lowest BCUT2D eigenvalue weighted by atomic mass is 10.1. The second-order valence-corrected chi connectivity index (χ2v) is 4.68. The lowest BCUT2D eigenvalue weighted by molar-refractivity contribution is 0.101. The summed E-state index contributed by atoms with van der Waals surface area (Å²) in [5, 5.41) is 0. The molecule has 0 amide bonds. The quantitative estimate of drug-likeness (QED) is 0.775. The highest BCUT2D eigenvalue weighted by atomic mass is 16.5. The van der Waals surface area contributed by atoms with Gasteiger partial charge in [0.15, 0.2) is 5.78 Å². The number of benzene rings is 2. The number of aryl methyl sites for hydroxylation is 1. The van der Waals surface area contributed by atoms with Crippen molar-refractivity contribution < 1.29 is 14.3 Å². The third kappa shape index (κ3) is 3.38. The lowest BCUT2D eigenvalue weighted by Crippen LogP contribution is -1.99. The van der Waals surface area contributed by atoms with Gasteiger partial charge in [0.1, 0.15) is 18.1 Å². The van der Waals surface area contributed by atoms with E-state index in [-0.39, 0.29) is 5.78 Å². The Kier molecular flexibility index (Phi) is 4.41. The fourth-order valence-electron chi connectivity index (χ4n) is 1.94. The number of ether oxygens (including phenoxy) is 2. The predicted molar refractivity (Wildman–Crippen MR) is 78.5 cm³/mol. The molecule has 3 nitrogen and oxygen atoms in total. The fraction of sp³-hybridized carbons (Fsp3) is 0.235. The summed E-state index contributed by atoms with van der Waals surface area (Å²) in [6.45, 7) is 3.97. The van der Waals surface area contributed by atoms with Crippen LogP contribution < -0.4 is 9.47 Å². The maximum absolute atomic E-state index is 11.3. The summed E-state index contributed by atoms with van der Waals surface area (Å²) in [6.07, 6.45) is 0. The minimum atomic E-state index is 0.0591. The lowest BCUT2D eigenvalue weighted by Gasteiger charge is -2.10. The van der Waals surface area contributed by atoms with Gasteiger partial charge < -0.3 is 9.47 Å². The van der Waals surface area contributed by atoms with Crippen molar-refractivity contribution in [2.75, 3.05) is 7.11 Å². The number of Topliss-reactive ketones (excluding diaryl/α,β-unsaturated/α-hetero) is 1. The van der Waals surface area contributed by atoms with Gasteiger partial charge in [-0.25, -0.2) is 0 Å². The Hall–Kier alpha value is -2.29. The Morgan fingerprint density at radius 3 is 2.65 bits per heavy atom. The molecule has 0 spiro atoms. The molecule has 0 radical (unpaired) electrons. The van der Waals surface area contributed by atoms with Crippen molar-refractivity contribution in [1.29, 1.82) is 0 Å². The first-order chi connectivity index (χ1) is 9.60. The summed E-state index contributed by atoms with van der Waals surface area (Å²) < 4.78 is 11.0. The molecule has 0 saturated carbocycles. The highest BCUT2D eigenvalue weighted by Crippen LogP contribution is 2.24. The van der Waals surface area contributed by atoms with Crippen LogP contribution in [0.4, 0.5) is 0 Å². The molecule has 0 aromatic heterocycles. The first-order valence-electron chi connectivity index (χ1n) is 6.47. The van der Waals surface area contributed by atoms with Crippen molar-refractivity contribution in [2.45, 2.75) is 20.5 Å². The third-order valence-electron chi connectivity index (χ3n) is 3.12. The molecule has 2 rings (SSSR count). The Morgan fingerprint density at radius 2 is 1.95 bits per heavy atom. The summed E-state index contributed by atoms with van der Waals surface area (Å²) in [6, 6.07) is 13.2. The molecule has 0 heterocycles. The summed E-state index contributed by atoms with van der Waals surface area (Å²) in [5.74, 6) is 1.62. The van der Waals surface area contributed by atoms with E-state index in [9.17, 15) is 4.79 Å². The third-order valence-corrected chi connectivity index (χ3v) is 3.12. The summed E-state index contributed by atoms with van der Waals surface area (Å²) >= 11 is 0. The van der Waals surface area contributed by atoms with Gasteiger partial charge in [-0.1, -0.05) is 24.3 Å². The van der Waals surface area contributed by atoms with Gasteiger partial charge in [0.2, 0.25) is 0 Å². The van der Waals surface area contributed by atoms with Gasteiger partial charge in [0.25, 0.3) is 0 Å². The predicted octanol–water partition coefficient (Wildman–Crippen LogP) is 3.79. The van der Waals surface area contributed by atoms with Crippen molar-refractivity contribution in [3.63, 3.8) is 0 Å². The van der Waals surface area contributed by atoms with E-state index in [0.717, 1.165) is 22.6 Å². The van der Waals surface area contributed by atoms with E-state index >= 15 is 0 Å². The smallest absolute Gasteiger partial charge is 0.159 e. The van der Waals surface area contributed by atoms with Crippen LogP contribution >= 0.6 is 0 Å². The summed E-state index contributed by atoms with van der Waals surface area (Å²) in [5.41, 5.74) is 2.74. The second kappa shape index (κ2) is 6.24. The highest BCUT2D eigenvalue weighted by molar-refractivity contribution is 5.94. The van der Waals surface area contributed by atoms with Gasteiger partial charge in [0, 0.05) is 11.6 Å². The van der Waals surface area contributed by atoms with E-state index in [1.54, 1.807) is 20.1 Å². The number of hydrogen-bond donors (Lipinski definition) is 0. The van der Waals surface area contributed by atoms with Gasteiger partial charge >= 0.3 is 0 Å². The molecule has 0 bridgehead atoms. The van der Waals surface area contributed by atoms with Gasteiger partial charge in [-0.05, 0) is 37.1 Å². The zero-order chi connectivity index (χ0) is 14.5. The van der Waals surface area contributed by atoms with E-state index in [1.807, 2.05) is 43.3 Å². The molecule has 3 heteroatoms. The minimum absolute atomic E-state index is 0.0591. The molecular weight excluding hydrogens is 252 g/mol. The van der Waals surface area contributed by atoms with E-state index in [0.29, 0.717) is 12.2 Å². The number of carbonyl (C=O) groups excluding carboxylic acids is 1. The zero-order valence-electron chi connectivity index (χ0n) is 12.0. The fourth-order valence-corrected chi connectivity index (χ4v) is 1.94. The van der Waals surface area contributed by atoms with Crippen LogP contribution in [0.15, 0.2) is 42.5 Å². The van der Waals surface area contributed by atoms with Crippen LogP contribution in [0.2, 0.25) is 0 Å². The molecule has 0 aliphatic heterocycles. The first-order valence-corrected chi connectivity index (χ1v) is 6.47. The number of carbonyl (C=O) groups is 1. The topological polar surface area (TPSA) is 35.5 Å². The Morgan fingerprint density at radius 1 is 1.15 bits per heavy atom. The first kappa shape index (κ1) is 14.1. The summed E-state index contributed by atoms with van der Waals surface area (Å²) in [4.78, 5) is 11.3. The molecule has 0 aliphatic rings. The van der Waals surface area contributed by atoms with E-state index in [2.05, 4.69) is 0 Å². The Bertz CT molecular complexity index is 617. The molecular formula is C17H18O3. The standard InChI is InChI=1S/C17H18O3/c1-12-7-8-16(10-17(12)19-3)20-11-14-5-4-6-15(9-14)13(2)18/h4-10H,11H2,1-3H3. The largest absolute Gasteiger partial charge is 0.496 e. The molecule has 0 atom stereocenters. The average molecular weight is 270 g/mol. The van der Waals surface area contributed by atoms with Crippen LogP contribution in [0, 0.1) is 6.92 Å². The van der Waals surface area contributed by atoms with Crippen molar-refractivity contribution >= 4 is 5.78 Å². The van der Waals surface area contributed by atoms with Crippen molar-refractivity contribution in [3.05, 3.63) is 59.2 Å². The zero-order valence-corrected chi connectivity index (χ0v) is 12.0. The molecule has 0 aliphatic carbocycles. The second-order valence-electron chi connectivity index (χ2n) is 4.68. The normalized spacial score (nSPS) is 10.2. The van der Waals surface area contributed by atoms with Gasteiger partial charge in [-0.15, -0.1) is 0 Å². The summed E-state index contributed by atoms with van der Waals surface area (Å²) in [7, 11) is 1.64. The van der Waals surface area contributed by atoms with E-state index < -0.39 is 0 Å². The van der Waals surface area contributed by atoms with Crippen LogP contribution in [0.3, 0.4) is 0 Å². The van der Waals surface area contributed by atoms with Gasteiger partial charge in [-0.3, -0.25) is 4.79 Å². The van der Waals surface area contributed by atoms with Crippen molar-refractivity contribution in [2.24, 2.45) is 0 Å². The van der Waals surface area contributed by atoms with Crippen LogP contribution in [0.25, 0.3) is 0 Å². The minimum Gasteiger partial charge on any atom is -0.496 e. The maximum Gasteiger partial charge on any atom is 0.159 e. The molecule has 0 unspecified atom stereocenters. The van der Waals surface area contributed by atoms with Crippen LogP contribution in [0.5, 0.6) is 11.5 Å². The average Bonchev–Trinajstić information content (AvgIpc) is 2.46. The Labute approximate surface area is 119 Å². The number of hydrogen-bond acceptors (Lipinski definition) is 3. The number of rotatable bonds is 5. The molecule has 2 aromatic carbocycles. The highest BCUT2D eigenvalue weighted by Gasteiger charge is 2.03. The van der Waals surface area contributed by atoms with Crippen molar-refractivity contribution in [3.8, 4) is 11.5 Å². The van der Waals surface area contributed by atoms with Crippen LogP contribution in [0.1, 0.15) is 28.4 Å². The van der Waals surface area contributed by atoms with Crippen LogP contribution in [-0.2, 0) is 6.61 Å². The Balaban J connectivity index is 2.08. The maximum atomic E-state index is 11.3. The van der Waals surface area contributed by atoms with Gasteiger partial charge in [-0.2, -0.15) is 0 Å².